The number of nitrogens with two attached hydrogens (primary N) is 2. The molecule has 0 spiro atoms. The van der Waals surface area contributed by atoms with E-state index >= 15 is 0 Å². The van der Waals surface area contributed by atoms with E-state index in [1.165, 1.54) is 0 Å². The molecule has 0 aliphatic carbocycles. The van der Waals surface area contributed by atoms with E-state index < -0.39 is 6.23 Å². The van der Waals surface area contributed by atoms with Crippen LogP contribution in [0.1, 0.15) is 25.7 Å². The van der Waals surface area contributed by atoms with Gasteiger partial charge >= 0.3 is 0 Å². The van der Waals surface area contributed by atoms with Crippen LogP contribution >= 0.6 is 0 Å². The summed E-state index contributed by atoms with van der Waals surface area (Å²) in [6.45, 7) is 4.09. The standard InChI is InChI=1S/C10H26N4O/c11-5-2-8-13-7-1-4-10(15)14-9-3-6-12/h10,13-15H,1-9,11-12H2/t10-/m0/s1. The van der Waals surface area contributed by atoms with Gasteiger partial charge < -0.3 is 21.9 Å². The van der Waals surface area contributed by atoms with E-state index in [2.05, 4.69) is 10.6 Å². The van der Waals surface area contributed by atoms with Crippen LogP contribution in [0, 0.1) is 0 Å². The minimum absolute atomic E-state index is 0.396. The van der Waals surface area contributed by atoms with Crippen molar-refractivity contribution in [3.8, 4) is 0 Å². The third-order valence-corrected chi connectivity index (χ3v) is 2.15. The molecule has 0 rings (SSSR count). The van der Waals surface area contributed by atoms with Crippen molar-refractivity contribution >= 4 is 0 Å². The van der Waals surface area contributed by atoms with E-state index in [9.17, 15) is 5.11 Å². The molecule has 0 fully saturated rings. The van der Waals surface area contributed by atoms with E-state index in [-0.39, 0.29) is 0 Å². The van der Waals surface area contributed by atoms with Gasteiger partial charge in [-0.2, -0.15) is 0 Å². The molecule has 0 aromatic rings. The normalized spacial score (nSPS) is 13.0. The number of aliphatic hydroxyl groups excluding tert-OH is 1. The summed E-state index contributed by atoms with van der Waals surface area (Å²) in [5, 5.41) is 15.8. The van der Waals surface area contributed by atoms with Crippen LogP contribution in [0.25, 0.3) is 0 Å². The minimum atomic E-state index is -0.396. The molecule has 0 saturated heterocycles. The Morgan fingerprint density at radius 2 is 1.53 bits per heavy atom. The average Bonchev–Trinajstić information content (AvgIpc) is 2.23. The Labute approximate surface area is 92.6 Å². The van der Waals surface area contributed by atoms with Gasteiger partial charge in [0.05, 0.1) is 0 Å². The maximum Gasteiger partial charge on any atom is 0.104 e. The lowest BCUT2D eigenvalue weighted by molar-refractivity contribution is 0.125. The van der Waals surface area contributed by atoms with Crippen LogP contribution in [0.3, 0.4) is 0 Å². The van der Waals surface area contributed by atoms with Crippen LogP contribution in [0.4, 0.5) is 0 Å². The molecular formula is C10H26N4O. The van der Waals surface area contributed by atoms with Crippen LogP contribution in [0.15, 0.2) is 0 Å². The van der Waals surface area contributed by atoms with Crippen LogP contribution < -0.4 is 22.1 Å². The molecular weight excluding hydrogens is 192 g/mol. The number of rotatable bonds is 11. The first-order valence-corrected chi connectivity index (χ1v) is 5.83. The van der Waals surface area contributed by atoms with Crippen molar-refractivity contribution in [2.75, 3.05) is 32.7 Å². The summed E-state index contributed by atoms with van der Waals surface area (Å²) in [4.78, 5) is 0. The second kappa shape index (κ2) is 11.9. The van der Waals surface area contributed by atoms with Crippen LogP contribution in [-0.4, -0.2) is 44.1 Å². The van der Waals surface area contributed by atoms with E-state index in [1.54, 1.807) is 0 Å². The molecule has 0 aliphatic heterocycles. The summed E-state index contributed by atoms with van der Waals surface area (Å²) in [7, 11) is 0. The molecule has 0 aromatic heterocycles. The Kier molecular flexibility index (Phi) is 11.7. The van der Waals surface area contributed by atoms with Crippen molar-refractivity contribution in [2.24, 2.45) is 11.5 Å². The molecule has 1 atom stereocenters. The smallest absolute Gasteiger partial charge is 0.104 e. The lowest BCUT2D eigenvalue weighted by atomic mass is 10.2. The molecule has 5 nitrogen and oxygen atoms in total. The first-order valence-electron chi connectivity index (χ1n) is 5.83. The van der Waals surface area contributed by atoms with Crippen molar-refractivity contribution in [3.05, 3.63) is 0 Å². The monoisotopic (exact) mass is 218 g/mol. The summed E-state index contributed by atoms with van der Waals surface area (Å²) >= 11 is 0. The van der Waals surface area contributed by atoms with E-state index in [0.717, 1.165) is 51.9 Å². The van der Waals surface area contributed by atoms with Gasteiger partial charge in [0.25, 0.3) is 0 Å². The highest BCUT2D eigenvalue weighted by molar-refractivity contribution is 4.56. The van der Waals surface area contributed by atoms with Crippen LogP contribution in [0.5, 0.6) is 0 Å². The predicted molar refractivity (Wildman–Crippen MR) is 63.5 cm³/mol. The van der Waals surface area contributed by atoms with Crippen molar-refractivity contribution in [2.45, 2.75) is 31.9 Å². The fraction of sp³-hybridized carbons (Fsp3) is 1.00. The topological polar surface area (TPSA) is 96.3 Å². The maximum atomic E-state index is 9.48. The molecule has 0 bridgehead atoms. The second-order valence-electron chi connectivity index (χ2n) is 3.65. The zero-order valence-electron chi connectivity index (χ0n) is 9.54. The summed E-state index contributed by atoms with van der Waals surface area (Å²) in [5.41, 5.74) is 10.7. The summed E-state index contributed by atoms with van der Waals surface area (Å²) in [6, 6.07) is 0. The Hall–Kier alpha value is -0.200. The van der Waals surface area contributed by atoms with Gasteiger partial charge in [0.15, 0.2) is 0 Å². The molecule has 7 N–H and O–H groups in total. The van der Waals surface area contributed by atoms with Gasteiger partial charge in [-0.05, 0) is 58.4 Å². The quantitative estimate of drug-likeness (QED) is 0.225. The van der Waals surface area contributed by atoms with Crippen molar-refractivity contribution in [1.82, 2.24) is 10.6 Å². The van der Waals surface area contributed by atoms with Gasteiger partial charge in [0, 0.05) is 0 Å². The Balaban J connectivity index is 3.06. The molecule has 0 aromatic carbocycles. The molecule has 0 saturated carbocycles. The van der Waals surface area contributed by atoms with Crippen molar-refractivity contribution < 1.29 is 5.11 Å². The number of aliphatic hydroxyl groups is 1. The van der Waals surface area contributed by atoms with Gasteiger partial charge in [-0.1, -0.05) is 0 Å². The van der Waals surface area contributed by atoms with Crippen LogP contribution in [-0.2, 0) is 0 Å². The number of hydrogen-bond donors (Lipinski definition) is 5. The number of nitrogens with one attached hydrogen (secondary N) is 2. The minimum Gasteiger partial charge on any atom is -0.379 e. The van der Waals surface area contributed by atoms with Crippen molar-refractivity contribution in [3.63, 3.8) is 0 Å². The molecule has 0 heterocycles. The highest BCUT2D eigenvalue weighted by Crippen LogP contribution is 1.92. The molecule has 92 valence electrons. The third kappa shape index (κ3) is 11.7. The fourth-order valence-electron chi connectivity index (χ4n) is 1.25. The van der Waals surface area contributed by atoms with E-state index in [4.69, 9.17) is 11.5 Å². The molecule has 0 aliphatic rings. The lowest BCUT2D eigenvalue weighted by Crippen LogP contribution is -2.31. The molecule has 5 heteroatoms. The number of hydrogen-bond acceptors (Lipinski definition) is 5. The molecule has 0 radical (unpaired) electrons. The second-order valence-corrected chi connectivity index (χ2v) is 3.65. The SMILES string of the molecule is NCCCNCCC[C@H](O)NCCCN. The molecule has 0 amide bonds. The Morgan fingerprint density at radius 3 is 2.20 bits per heavy atom. The van der Waals surface area contributed by atoms with Crippen molar-refractivity contribution in [1.29, 1.82) is 0 Å². The average molecular weight is 218 g/mol. The van der Waals surface area contributed by atoms with Gasteiger partial charge in [-0.3, -0.25) is 5.32 Å². The lowest BCUT2D eigenvalue weighted by Gasteiger charge is -2.12. The third-order valence-electron chi connectivity index (χ3n) is 2.15. The largest absolute Gasteiger partial charge is 0.379 e. The summed E-state index contributed by atoms with van der Waals surface area (Å²) in [6.07, 6.45) is 3.28. The Morgan fingerprint density at radius 1 is 0.933 bits per heavy atom. The molecule has 0 unspecified atom stereocenters. The zero-order chi connectivity index (χ0) is 11.4. The van der Waals surface area contributed by atoms with Gasteiger partial charge in [-0.15, -0.1) is 0 Å². The highest BCUT2D eigenvalue weighted by atomic mass is 16.3. The zero-order valence-corrected chi connectivity index (χ0v) is 9.54. The summed E-state index contributed by atoms with van der Waals surface area (Å²) in [5.74, 6) is 0. The van der Waals surface area contributed by atoms with E-state index in [1.807, 2.05) is 0 Å². The predicted octanol–water partition coefficient (Wildman–Crippen LogP) is -1.04. The Bertz CT molecular complexity index is 124. The highest BCUT2D eigenvalue weighted by Gasteiger charge is 2.00. The fourth-order valence-corrected chi connectivity index (χ4v) is 1.25. The molecule has 15 heavy (non-hydrogen) atoms. The van der Waals surface area contributed by atoms with Gasteiger partial charge in [-0.25, -0.2) is 0 Å². The summed E-state index contributed by atoms with van der Waals surface area (Å²) < 4.78 is 0. The van der Waals surface area contributed by atoms with E-state index in [0.29, 0.717) is 6.54 Å². The van der Waals surface area contributed by atoms with Crippen LogP contribution in [0.2, 0.25) is 0 Å². The maximum absolute atomic E-state index is 9.48. The first kappa shape index (κ1) is 14.8. The van der Waals surface area contributed by atoms with Gasteiger partial charge in [0.2, 0.25) is 0 Å². The first-order chi connectivity index (χ1) is 7.31. The van der Waals surface area contributed by atoms with Gasteiger partial charge in [0.1, 0.15) is 6.23 Å².